The van der Waals surface area contributed by atoms with Gasteiger partial charge in [-0.05, 0) is 58.4 Å². The quantitative estimate of drug-likeness (QED) is 0.829. The summed E-state index contributed by atoms with van der Waals surface area (Å²) in [6.45, 7) is 8.73. The minimum atomic E-state index is 0. The summed E-state index contributed by atoms with van der Waals surface area (Å²) in [5, 5.41) is 3.49. The van der Waals surface area contributed by atoms with Gasteiger partial charge in [-0.2, -0.15) is 0 Å². The van der Waals surface area contributed by atoms with Crippen molar-refractivity contribution in [3.63, 3.8) is 0 Å². The van der Waals surface area contributed by atoms with Crippen LogP contribution in [0.5, 0.6) is 0 Å². The third kappa shape index (κ3) is 4.09. The van der Waals surface area contributed by atoms with Crippen molar-refractivity contribution < 1.29 is 0 Å². The van der Waals surface area contributed by atoms with Gasteiger partial charge in [-0.3, -0.25) is 0 Å². The number of hydrogen-bond donors (Lipinski definition) is 1. The lowest BCUT2D eigenvalue weighted by Crippen LogP contribution is -2.46. The minimum absolute atomic E-state index is 0. The monoisotopic (exact) mass is 261 g/mol. The van der Waals surface area contributed by atoms with E-state index in [2.05, 4.69) is 36.1 Å². The molecule has 4 heteroatoms. The maximum atomic E-state index is 3.49. The summed E-state index contributed by atoms with van der Waals surface area (Å²) in [7, 11) is 4.42. The molecule has 102 valence electrons. The number of likely N-dealkylation sites (tertiary alicyclic amines) is 1. The normalized spacial score (nSPS) is 31.8. The first-order valence-corrected chi connectivity index (χ1v) is 6.69. The molecule has 0 saturated carbocycles. The summed E-state index contributed by atoms with van der Waals surface area (Å²) in [4.78, 5) is 5.06. The van der Waals surface area contributed by atoms with Gasteiger partial charge in [-0.1, -0.05) is 6.92 Å². The molecule has 2 heterocycles. The average molecular weight is 262 g/mol. The number of hydrogen-bond acceptors (Lipinski definition) is 3. The van der Waals surface area contributed by atoms with Crippen LogP contribution in [0.15, 0.2) is 0 Å². The Labute approximate surface area is 112 Å². The Bertz CT molecular complexity index is 219. The molecule has 0 aliphatic carbocycles. The van der Waals surface area contributed by atoms with Crippen molar-refractivity contribution in [1.82, 2.24) is 15.1 Å². The first-order valence-electron chi connectivity index (χ1n) is 6.69. The van der Waals surface area contributed by atoms with Gasteiger partial charge in [0.1, 0.15) is 0 Å². The zero-order chi connectivity index (χ0) is 11.6. The lowest BCUT2D eigenvalue weighted by Gasteiger charge is -2.38. The van der Waals surface area contributed by atoms with E-state index in [0.717, 1.165) is 6.04 Å². The molecule has 2 aliphatic heterocycles. The zero-order valence-corrected chi connectivity index (χ0v) is 12.4. The molecule has 3 nitrogen and oxygen atoms in total. The van der Waals surface area contributed by atoms with E-state index in [9.17, 15) is 0 Å². The highest BCUT2D eigenvalue weighted by Crippen LogP contribution is 2.27. The Morgan fingerprint density at radius 2 is 1.94 bits per heavy atom. The highest BCUT2D eigenvalue weighted by atomic mass is 35.5. The number of nitrogens with one attached hydrogen (secondary N) is 1. The van der Waals surface area contributed by atoms with Crippen LogP contribution in [0.25, 0.3) is 0 Å². The SMILES string of the molecule is CN(C)C1CCN(CC2(C)CCNC2)CC1.Cl. The van der Waals surface area contributed by atoms with Crippen molar-refractivity contribution in [3.05, 3.63) is 0 Å². The third-order valence-electron chi connectivity index (χ3n) is 4.35. The van der Waals surface area contributed by atoms with Crippen LogP contribution in [0.4, 0.5) is 0 Å². The molecule has 0 amide bonds. The molecule has 17 heavy (non-hydrogen) atoms. The van der Waals surface area contributed by atoms with E-state index in [1.807, 2.05) is 0 Å². The second kappa shape index (κ2) is 6.37. The molecule has 0 aromatic heterocycles. The highest BCUT2D eigenvalue weighted by Gasteiger charge is 2.32. The van der Waals surface area contributed by atoms with Crippen molar-refractivity contribution in [2.24, 2.45) is 5.41 Å². The van der Waals surface area contributed by atoms with Crippen molar-refractivity contribution in [2.75, 3.05) is 46.8 Å². The molecule has 1 N–H and O–H groups in total. The smallest absolute Gasteiger partial charge is 0.0113 e. The van der Waals surface area contributed by atoms with E-state index in [4.69, 9.17) is 0 Å². The van der Waals surface area contributed by atoms with Crippen molar-refractivity contribution >= 4 is 12.4 Å². The maximum Gasteiger partial charge on any atom is 0.0113 e. The molecular weight excluding hydrogens is 234 g/mol. The van der Waals surface area contributed by atoms with Crippen molar-refractivity contribution in [2.45, 2.75) is 32.2 Å². The molecular formula is C13H28ClN3. The van der Waals surface area contributed by atoms with Gasteiger partial charge < -0.3 is 15.1 Å². The molecule has 2 rings (SSSR count). The van der Waals surface area contributed by atoms with Gasteiger partial charge in [0.05, 0.1) is 0 Å². The Morgan fingerprint density at radius 1 is 1.29 bits per heavy atom. The Balaban J connectivity index is 0.00000144. The predicted molar refractivity (Wildman–Crippen MR) is 76.0 cm³/mol. The van der Waals surface area contributed by atoms with Crippen molar-refractivity contribution in [1.29, 1.82) is 0 Å². The summed E-state index contributed by atoms with van der Waals surface area (Å²) in [5.74, 6) is 0. The van der Waals surface area contributed by atoms with Gasteiger partial charge in [0.15, 0.2) is 0 Å². The van der Waals surface area contributed by atoms with Crippen LogP contribution in [0.2, 0.25) is 0 Å². The molecule has 0 aromatic rings. The molecule has 0 spiro atoms. The standard InChI is InChI=1S/C13H27N3.ClH/c1-13(6-7-14-10-13)11-16-8-4-12(5-9-16)15(2)3;/h12,14H,4-11H2,1-3H3;1H. The van der Waals surface area contributed by atoms with Crippen LogP contribution in [0, 0.1) is 5.41 Å². The largest absolute Gasteiger partial charge is 0.316 e. The van der Waals surface area contributed by atoms with Crippen LogP contribution >= 0.6 is 12.4 Å². The van der Waals surface area contributed by atoms with Crippen molar-refractivity contribution in [3.8, 4) is 0 Å². The first-order chi connectivity index (χ1) is 7.59. The lowest BCUT2D eigenvalue weighted by atomic mass is 9.88. The van der Waals surface area contributed by atoms with E-state index in [1.54, 1.807) is 0 Å². The van der Waals surface area contributed by atoms with Gasteiger partial charge in [0, 0.05) is 19.1 Å². The van der Waals surface area contributed by atoms with E-state index in [-0.39, 0.29) is 12.4 Å². The predicted octanol–water partition coefficient (Wildman–Crippen LogP) is 1.43. The van der Waals surface area contributed by atoms with E-state index in [1.165, 1.54) is 52.0 Å². The van der Waals surface area contributed by atoms with Crippen LogP contribution in [0.3, 0.4) is 0 Å². The van der Waals surface area contributed by atoms with Gasteiger partial charge in [0.2, 0.25) is 0 Å². The summed E-state index contributed by atoms with van der Waals surface area (Å²) < 4.78 is 0. The maximum absolute atomic E-state index is 3.49. The second-order valence-electron chi connectivity index (χ2n) is 6.21. The molecule has 0 aromatic carbocycles. The Morgan fingerprint density at radius 3 is 2.41 bits per heavy atom. The van der Waals surface area contributed by atoms with Crippen LogP contribution in [0.1, 0.15) is 26.2 Å². The Kier molecular flexibility index (Phi) is 5.71. The number of halogens is 1. The Hall–Kier alpha value is 0.170. The summed E-state index contributed by atoms with van der Waals surface area (Å²) in [6.07, 6.45) is 4.04. The molecule has 2 aliphatic rings. The van der Waals surface area contributed by atoms with Gasteiger partial charge in [-0.15, -0.1) is 12.4 Å². The molecule has 2 saturated heterocycles. The molecule has 1 unspecified atom stereocenters. The van der Waals surface area contributed by atoms with Crippen LogP contribution in [-0.4, -0.2) is 62.7 Å². The molecule has 2 fully saturated rings. The fourth-order valence-corrected chi connectivity index (χ4v) is 3.14. The third-order valence-corrected chi connectivity index (χ3v) is 4.35. The van der Waals surface area contributed by atoms with Gasteiger partial charge in [-0.25, -0.2) is 0 Å². The fourth-order valence-electron chi connectivity index (χ4n) is 3.14. The highest BCUT2D eigenvalue weighted by molar-refractivity contribution is 5.85. The summed E-state index contributed by atoms with van der Waals surface area (Å²) in [6, 6.07) is 0.811. The number of rotatable bonds is 3. The minimum Gasteiger partial charge on any atom is -0.316 e. The summed E-state index contributed by atoms with van der Waals surface area (Å²) in [5.41, 5.74) is 0.533. The number of nitrogens with zero attached hydrogens (tertiary/aromatic N) is 2. The molecule has 0 radical (unpaired) electrons. The van der Waals surface area contributed by atoms with E-state index >= 15 is 0 Å². The molecule has 0 bridgehead atoms. The second-order valence-corrected chi connectivity index (χ2v) is 6.21. The molecule has 1 atom stereocenters. The summed E-state index contributed by atoms with van der Waals surface area (Å²) >= 11 is 0. The fraction of sp³-hybridized carbons (Fsp3) is 1.00. The van der Waals surface area contributed by atoms with E-state index < -0.39 is 0 Å². The van der Waals surface area contributed by atoms with Gasteiger partial charge >= 0.3 is 0 Å². The first kappa shape index (κ1) is 15.2. The van der Waals surface area contributed by atoms with Crippen LogP contribution in [-0.2, 0) is 0 Å². The zero-order valence-electron chi connectivity index (χ0n) is 11.5. The lowest BCUT2D eigenvalue weighted by molar-refractivity contribution is 0.108. The van der Waals surface area contributed by atoms with E-state index in [0.29, 0.717) is 5.41 Å². The topological polar surface area (TPSA) is 18.5 Å². The number of piperidine rings is 1. The van der Waals surface area contributed by atoms with Gasteiger partial charge in [0.25, 0.3) is 0 Å². The van der Waals surface area contributed by atoms with Crippen LogP contribution < -0.4 is 5.32 Å². The average Bonchev–Trinajstić information content (AvgIpc) is 2.65.